The van der Waals surface area contributed by atoms with Crippen LogP contribution >= 0.6 is 0 Å². The molecule has 0 radical (unpaired) electrons. The highest BCUT2D eigenvalue weighted by molar-refractivity contribution is 6.62. The molecule has 3 heterocycles. The van der Waals surface area contributed by atoms with Gasteiger partial charge >= 0.3 is 7.12 Å². The molecule has 32 heavy (non-hydrogen) atoms. The minimum atomic E-state index is -0.517. The van der Waals surface area contributed by atoms with Gasteiger partial charge in [0.1, 0.15) is 11.2 Å². The predicted octanol–water partition coefficient (Wildman–Crippen LogP) is 2.58. The van der Waals surface area contributed by atoms with Gasteiger partial charge in [-0.05, 0) is 70.3 Å². The van der Waals surface area contributed by atoms with Crippen LogP contribution in [0.4, 0.5) is 0 Å². The molecule has 3 aromatic rings. The molecule has 8 heteroatoms. The van der Waals surface area contributed by atoms with E-state index in [4.69, 9.17) is 9.31 Å². The Hall–Kier alpha value is -2.97. The van der Waals surface area contributed by atoms with E-state index in [-0.39, 0.29) is 22.9 Å². The molecule has 1 aliphatic carbocycles. The van der Waals surface area contributed by atoms with Gasteiger partial charge in [0.25, 0.3) is 5.91 Å². The fourth-order valence-electron chi connectivity index (χ4n) is 3.81. The number of amides is 1. The monoisotopic (exact) mass is 431 g/mol. The topological polar surface area (TPSA) is 82.5 Å². The average Bonchev–Trinajstić information content (AvgIpc) is 3.53. The maximum absolute atomic E-state index is 13.0. The van der Waals surface area contributed by atoms with Gasteiger partial charge in [0.2, 0.25) is 5.43 Å². The first kappa shape index (κ1) is 20.9. The fraction of sp³-hybridized carbons (Fsp3) is 0.375. The zero-order valence-electron chi connectivity index (χ0n) is 18.7. The third kappa shape index (κ3) is 3.53. The highest BCUT2D eigenvalue weighted by Crippen LogP contribution is 2.36. The first-order valence-corrected chi connectivity index (χ1v) is 10.9. The number of pyridine rings is 2. The van der Waals surface area contributed by atoms with Gasteiger partial charge in [0.05, 0.1) is 16.6 Å². The summed E-state index contributed by atoms with van der Waals surface area (Å²) in [6.07, 6.45) is 5.12. The van der Waals surface area contributed by atoms with Crippen molar-refractivity contribution in [1.29, 1.82) is 0 Å². The lowest BCUT2D eigenvalue weighted by atomic mass is 9.79. The van der Waals surface area contributed by atoms with Gasteiger partial charge in [-0.2, -0.15) is 0 Å². The fourth-order valence-corrected chi connectivity index (χ4v) is 3.81. The number of carbonyl (C=O) groups excluding carboxylic acids is 1. The lowest BCUT2D eigenvalue weighted by Gasteiger charge is -2.32. The second-order valence-electron chi connectivity index (χ2n) is 9.55. The minimum absolute atomic E-state index is 0.110. The summed E-state index contributed by atoms with van der Waals surface area (Å²) in [5.74, 6) is -0.348. The van der Waals surface area contributed by atoms with Crippen LogP contribution in [-0.2, 0) is 9.31 Å². The van der Waals surface area contributed by atoms with Gasteiger partial charge in [0, 0.05) is 24.1 Å². The SMILES string of the molecule is CC1(C)OB(c2cccc(-n3cc(C(=O)NC4CC4)c(=O)c4cccnc43)c2)OC1(C)C. The molecule has 1 aromatic carbocycles. The number of carbonyl (C=O) groups is 1. The zero-order valence-corrected chi connectivity index (χ0v) is 18.7. The first-order chi connectivity index (χ1) is 15.2. The van der Waals surface area contributed by atoms with Gasteiger partial charge < -0.3 is 19.2 Å². The van der Waals surface area contributed by atoms with E-state index in [1.807, 2.05) is 52.0 Å². The van der Waals surface area contributed by atoms with Gasteiger partial charge in [0.15, 0.2) is 0 Å². The molecule has 5 rings (SSSR count). The van der Waals surface area contributed by atoms with Crippen LogP contribution in [0.3, 0.4) is 0 Å². The van der Waals surface area contributed by atoms with Crippen molar-refractivity contribution in [2.75, 3.05) is 0 Å². The van der Waals surface area contributed by atoms with Crippen molar-refractivity contribution in [3.63, 3.8) is 0 Å². The van der Waals surface area contributed by atoms with Gasteiger partial charge in [-0.15, -0.1) is 0 Å². The van der Waals surface area contributed by atoms with E-state index in [9.17, 15) is 9.59 Å². The second kappa shape index (κ2) is 7.28. The van der Waals surface area contributed by atoms with Gasteiger partial charge in [-0.3, -0.25) is 9.59 Å². The number of fused-ring (bicyclic) bond motifs is 1. The van der Waals surface area contributed by atoms with Crippen molar-refractivity contribution in [2.24, 2.45) is 0 Å². The minimum Gasteiger partial charge on any atom is -0.399 e. The molecule has 1 N–H and O–H groups in total. The number of nitrogens with one attached hydrogen (secondary N) is 1. The number of benzene rings is 1. The smallest absolute Gasteiger partial charge is 0.399 e. The molecule has 2 aliphatic rings. The van der Waals surface area contributed by atoms with Crippen molar-refractivity contribution in [3.05, 3.63) is 64.6 Å². The molecule has 1 aliphatic heterocycles. The zero-order chi connectivity index (χ0) is 22.7. The van der Waals surface area contributed by atoms with Crippen LogP contribution in [0.5, 0.6) is 0 Å². The van der Waals surface area contributed by atoms with Crippen LogP contribution in [0, 0.1) is 0 Å². The Bertz CT molecular complexity index is 1260. The molecular weight excluding hydrogens is 405 g/mol. The van der Waals surface area contributed by atoms with Crippen LogP contribution in [0.25, 0.3) is 16.7 Å². The summed E-state index contributed by atoms with van der Waals surface area (Å²) in [6.45, 7) is 8.06. The summed E-state index contributed by atoms with van der Waals surface area (Å²) in [6, 6.07) is 11.3. The molecule has 7 nitrogen and oxygen atoms in total. The number of nitrogens with zero attached hydrogens (tertiary/aromatic N) is 2. The quantitative estimate of drug-likeness (QED) is 0.643. The number of hydrogen-bond acceptors (Lipinski definition) is 5. The number of rotatable bonds is 4. The standard InChI is InChI=1S/C24H26BN3O4/c1-23(2)24(3,4)32-25(31-23)15-7-5-8-17(13-15)28-14-19(22(30)27-16-10-11-16)20(29)18-9-6-12-26-21(18)28/h5-9,12-14,16H,10-11H2,1-4H3,(H,27,30). The molecule has 0 bridgehead atoms. The van der Waals surface area contributed by atoms with E-state index in [0.717, 1.165) is 24.0 Å². The molecule has 1 saturated carbocycles. The Morgan fingerprint density at radius 1 is 1.12 bits per heavy atom. The van der Waals surface area contributed by atoms with Crippen molar-refractivity contribution in [2.45, 2.75) is 57.8 Å². The maximum Gasteiger partial charge on any atom is 0.494 e. The molecule has 164 valence electrons. The third-order valence-electron chi connectivity index (χ3n) is 6.59. The summed E-state index contributed by atoms with van der Waals surface area (Å²) in [5.41, 5.74) is 1.00. The Morgan fingerprint density at radius 2 is 1.84 bits per heavy atom. The Balaban J connectivity index is 1.61. The van der Waals surface area contributed by atoms with Crippen LogP contribution < -0.4 is 16.2 Å². The van der Waals surface area contributed by atoms with Crippen LogP contribution in [0.15, 0.2) is 53.6 Å². The van der Waals surface area contributed by atoms with E-state index in [1.54, 1.807) is 29.1 Å². The molecule has 0 spiro atoms. The van der Waals surface area contributed by atoms with Crippen molar-refractivity contribution < 1.29 is 14.1 Å². The second-order valence-corrected chi connectivity index (χ2v) is 9.55. The van der Waals surface area contributed by atoms with Crippen molar-refractivity contribution >= 4 is 29.5 Å². The van der Waals surface area contributed by atoms with E-state index in [1.165, 1.54) is 0 Å². The molecule has 1 saturated heterocycles. The maximum atomic E-state index is 13.0. The predicted molar refractivity (Wildman–Crippen MR) is 124 cm³/mol. The van der Waals surface area contributed by atoms with Crippen LogP contribution in [-0.4, -0.2) is 39.8 Å². The normalized spacial score (nSPS) is 19.3. The average molecular weight is 431 g/mol. The van der Waals surface area contributed by atoms with E-state index < -0.39 is 18.3 Å². The molecule has 1 amide bonds. The Morgan fingerprint density at radius 3 is 2.53 bits per heavy atom. The summed E-state index contributed by atoms with van der Waals surface area (Å²) >= 11 is 0. The summed E-state index contributed by atoms with van der Waals surface area (Å²) in [4.78, 5) is 30.2. The lowest BCUT2D eigenvalue weighted by molar-refractivity contribution is 0.00578. The Kier molecular flexibility index (Phi) is 4.76. The lowest BCUT2D eigenvalue weighted by Crippen LogP contribution is -2.41. The summed E-state index contributed by atoms with van der Waals surface area (Å²) in [5, 5.41) is 3.32. The highest BCUT2D eigenvalue weighted by atomic mass is 16.7. The van der Waals surface area contributed by atoms with Gasteiger partial charge in [-0.25, -0.2) is 4.98 Å². The van der Waals surface area contributed by atoms with Crippen molar-refractivity contribution in [1.82, 2.24) is 14.9 Å². The third-order valence-corrected chi connectivity index (χ3v) is 6.59. The highest BCUT2D eigenvalue weighted by Gasteiger charge is 2.51. The summed E-state index contributed by atoms with van der Waals surface area (Å²) < 4.78 is 14.2. The van der Waals surface area contributed by atoms with Crippen LogP contribution in [0.2, 0.25) is 0 Å². The van der Waals surface area contributed by atoms with Crippen molar-refractivity contribution in [3.8, 4) is 5.69 Å². The molecular formula is C24H26BN3O4. The molecule has 0 unspecified atom stereocenters. The molecule has 0 atom stereocenters. The van der Waals surface area contributed by atoms with Crippen LogP contribution in [0.1, 0.15) is 50.9 Å². The number of hydrogen-bond donors (Lipinski definition) is 1. The summed E-state index contributed by atoms with van der Waals surface area (Å²) in [7, 11) is -0.517. The molecule has 2 fully saturated rings. The Labute approximate surface area is 186 Å². The molecule has 2 aromatic heterocycles. The van der Waals surface area contributed by atoms with E-state index in [2.05, 4.69) is 10.3 Å². The number of aromatic nitrogens is 2. The van der Waals surface area contributed by atoms with Gasteiger partial charge in [-0.1, -0.05) is 12.1 Å². The van der Waals surface area contributed by atoms with E-state index in [0.29, 0.717) is 11.0 Å². The first-order valence-electron chi connectivity index (χ1n) is 10.9. The largest absolute Gasteiger partial charge is 0.494 e. The van der Waals surface area contributed by atoms with E-state index >= 15 is 0 Å².